The van der Waals surface area contributed by atoms with Gasteiger partial charge in [0.2, 0.25) is 0 Å². The van der Waals surface area contributed by atoms with Gasteiger partial charge in [0.05, 0.1) is 5.02 Å². The summed E-state index contributed by atoms with van der Waals surface area (Å²) in [6, 6.07) is 3.76. The summed E-state index contributed by atoms with van der Waals surface area (Å²) in [5.74, 6) is 0.103. The van der Waals surface area contributed by atoms with Gasteiger partial charge < -0.3 is 15.8 Å². The van der Waals surface area contributed by atoms with Gasteiger partial charge in [-0.15, -0.1) is 12.4 Å². The molecule has 112 valence electrons. The molecule has 1 aromatic carbocycles. The maximum atomic E-state index is 12.8. The molecular weight excluding hydrogens is 306 g/mol. The molecule has 1 atom stereocenters. The van der Waals surface area contributed by atoms with Crippen LogP contribution in [-0.2, 0) is 4.79 Å². The molecule has 20 heavy (non-hydrogen) atoms. The Labute approximate surface area is 128 Å². The summed E-state index contributed by atoms with van der Waals surface area (Å²) in [4.78, 5) is 11.5. The largest absolute Gasteiger partial charge is 0.482 e. The first-order chi connectivity index (χ1) is 9.06. The van der Waals surface area contributed by atoms with Crippen LogP contribution in [-0.4, -0.2) is 25.1 Å². The molecule has 1 fully saturated rings. The highest BCUT2D eigenvalue weighted by Crippen LogP contribution is 2.31. The van der Waals surface area contributed by atoms with E-state index >= 15 is 0 Å². The van der Waals surface area contributed by atoms with Crippen LogP contribution in [0, 0.1) is 11.7 Å². The summed E-state index contributed by atoms with van der Waals surface area (Å²) in [6.07, 6.45) is 2.28. The SMILES string of the molecule is Cl.NC(CNC(=O)COc1ccc(F)cc1Cl)C1CC1. The third-order valence-corrected chi connectivity index (χ3v) is 3.31. The predicted molar refractivity (Wildman–Crippen MR) is 77.9 cm³/mol. The van der Waals surface area contributed by atoms with Crippen LogP contribution in [0.5, 0.6) is 5.75 Å². The smallest absolute Gasteiger partial charge is 0.257 e. The van der Waals surface area contributed by atoms with Crippen LogP contribution in [0.4, 0.5) is 4.39 Å². The minimum absolute atomic E-state index is 0. The van der Waals surface area contributed by atoms with Crippen LogP contribution in [0.25, 0.3) is 0 Å². The van der Waals surface area contributed by atoms with Crippen LogP contribution in [0.2, 0.25) is 5.02 Å². The Balaban J connectivity index is 0.00000200. The van der Waals surface area contributed by atoms with E-state index in [9.17, 15) is 9.18 Å². The second-order valence-corrected chi connectivity index (χ2v) is 5.08. The summed E-state index contributed by atoms with van der Waals surface area (Å²) in [7, 11) is 0. The number of ether oxygens (including phenoxy) is 1. The molecule has 1 amide bonds. The van der Waals surface area contributed by atoms with Crippen LogP contribution < -0.4 is 15.8 Å². The molecule has 4 nitrogen and oxygen atoms in total. The fraction of sp³-hybridized carbons (Fsp3) is 0.462. The Hall–Kier alpha value is -1.04. The first-order valence-corrected chi connectivity index (χ1v) is 6.54. The van der Waals surface area contributed by atoms with Crippen molar-refractivity contribution >= 4 is 29.9 Å². The average Bonchev–Trinajstić information content (AvgIpc) is 3.19. The number of nitrogens with one attached hydrogen (secondary N) is 1. The summed E-state index contributed by atoms with van der Waals surface area (Å²) < 4.78 is 18.0. The zero-order valence-electron chi connectivity index (χ0n) is 10.8. The Morgan fingerprint density at radius 2 is 2.25 bits per heavy atom. The molecule has 0 aliphatic heterocycles. The number of halogens is 3. The van der Waals surface area contributed by atoms with E-state index in [-0.39, 0.29) is 41.7 Å². The number of hydrogen-bond acceptors (Lipinski definition) is 3. The molecule has 3 N–H and O–H groups in total. The van der Waals surface area contributed by atoms with Crippen LogP contribution >= 0.6 is 24.0 Å². The van der Waals surface area contributed by atoms with Gasteiger partial charge in [-0.05, 0) is 37.0 Å². The van der Waals surface area contributed by atoms with Crippen molar-refractivity contribution < 1.29 is 13.9 Å². The van der Waals surface area contributed by atoms with Crippen molar-refractivity contribution in [1.29, 1.82) is 0 Å². The zero-order chi connectivity index (χ0) is 13.8. The summed E-state index contributed by atoms with van der Waals surface area (Å²) in [5.41, 5.74) is 5.86. The van der Waals surface area contributed by atoms with Crippen molar-refractivity contribution in [3.05, 3.63) is 29.0 Å². The molecule has 0 aromatic heterocycles. The Morgan fingerprint density at radius 1 is 1.55 bits per heavy atom. The standard InChI is InChI=1S/C13H16ClFN2O2.ClH/c14-10-5-9(15)3-4-12(10)19-7-13(18)17-6-11(16)8-1-2-8;/h3-5,8,11H,1-2,6-7,16H2,(H,17,18);1H. The molecule has 0 spiro atoms. The third kappa shape index (κ3) is 5.15. The molecular formula is C13H17Cl2FN2O2. The van der Waals surface area contributed by atoms with E-state index in [2.05, 4.69) is 5.32 Å². The zero-order valence-corrected chi connectivity index (χ0v) is 12.3. The van der Waals surface area contributed by atoms with Crippen molar-refractivity contribution in [2.45, 2.75) is 18.9 Å². The normalized spacial score (nSPS) is 15.2. The van der Waals surface area contributed by atoms with Crippen molar-refractivity contribution in [3.63, 3.8) is 0 Å². The lowest BCUT2D eigenvalue weighted by atomic mass is 10.2. The molecule has 1 aliphatic rings. The Bertz CT molecular complexity index is 470. The van der Waals surface area contributed by atoms with Crippen molar-refractivity contribution in [1.82, 2.24) is 5.32 Å². The van der Waals surface area contributed by atoms with Gasteiger partial charge in [0.1, 0.15) is 11.6 Å². The highest BCUT2D eigenvalue weighted by Gasteiger charge is 2.28. The molecule has 1 aliphatic carbocycles. The van der Waals surface area contributed by atoms with Crippen molar-refractivity contribution in [3.8, 4) is 5.75 Å². The second-order valence-electron chi connectivity index (χ2n) is 4.67. The molecule has 2 rings (SSSR count). The van der Waals surface area contributed by atoms with Gasteiger partial charge in [-0.3, -0.25) is 4.79 Å². The fourth-order valence-electron chi connectivity index (χ4n) is 1.71. The monoisotopic (exact) mass is 322 g/mol. The molecule has 1 aromatic rings. The van der Waals surface area contributed by atoms with Gasteiger partial charge in [0.15, 0.2) is 6.61 Å². The average molecular weight is 323 g/mol. The highest BCUT2D eigenvalue weighted by atomic mass is 35.5. The van der Waals surface area contributed by atoms with E-state index in [1.165, 1.54) is 12.1 Å². The lowest BCUT2D eigenvalue weighted by Crippen LogP contribution is -2.40. The summed E-state index contributed by atoms with van der Waals surface area (Å²) >= 11 is 5.77. The maximum Gasteiger partial charge on any atom is 0.257 e. The van der Waals surface area contributed by atoms with Crippen molar-refractivity contribution in [2.75, 3.05) is 13.2 Å². The van der Waals surface area contributed by atoms with Crippen molar-refractivity contribution in [2.24, 2.45) is 11.7 Å². The molecule has 7 heteroatoms. The maximum absolute atomic E-state index is 12.8. The van der Waals surface area contributed by atoms with Gasteiger partial charge in [-0.2, -0.15) is 0 Å². The van der Waals surface area contributed by atoms with Crippen LogP contribution in [0.3, 0.4) is 0 Å². The number of hydrogen-bond donors (Lipinski definition) is 2. The summed E-state index contributed by atoms with van der Waals surface area (Å²) in [5, 5.41) is 2.84. The molecule has 1 saturated carbocycles. The van der Waals surface area contributed by atoms with E-state index in [1.54, 1.807) is 0 Å². The van der Waals surface area contributed by atoms with Gasteiger partial charge in [0.25, 0.3) is 5.91 Å². The Kier molecular flexibility index (Phi) is 6.52. The number of rotatable bonds is 6. The first kappa shape index (κ1) is 17.0. The fourth-order valence-corrected chi connectivity index (χ4v) is 1.93. The molecule has 0 bridgehead atoms. The molecule has 0 saturated heterocycles. The lowest BCUT2D eigenvalue weighted by Gasteiger charge is -2.12. The highest BCUT2D eigenvalue weighted by molar-refractivity contribution is 6.32. The van der Waals surface area contributed by atoms with Crippen LogP contribution in [0.15, 0.2) is 18.2 Å². The van der Waals surface area contributed by atoms with Gasteiger partial charge in [-0.1, -0.05) is 11.6 Å². The molecule has 1 unspecified atom stereocenters. The quantitative estimate of drug-likeness (QED) is 0.843. The lowest BCUT2D eigenvalue weighted by molar-refractivity contribution is -0.123. The number of benzene rings is 1. The van der Waals surface area contributed by atoms with E-state index in [0.717, 1.165) is 18.9 Å². The molecule has 0 radical (unpaired) electrons. The molecule has 0 heterocycles. The summed E-state index contributed by atoms with van der Waals surface area (Å²) in [6.45, 7) is 0.284. The minimum Gasteiger partial charge on any atom is -0.482 e. The first-order valence-electron chi connectivity index (χ1n) is 6.16. The third-order valence-electron chi connectivity index (χ3n) is 3.02. The topological polar surface area (TPSA) is 64.3 Å². The van der Waals surface area contributed by atoms with Gasteiger partial charge in [0, 0.05) is 12.6 Å². The van der Waals surface area contributed by atoms with E-state index in [4.69, 9.17) is 22.1 Å². The minimum atomic E-state index is -0.447. The van der Waals surface area contributed by atoms with Crippen LogP contribution in [0.1, 0.15) is 12.8 Å². The number of nitrogens with two attached hydrogens (primary N) is 1. The Morgan fingerprint density at radius 3 is 2.85 bits per heavy atom. The van der Waals surface area contributed by atoms with Gasteiger partial charge in [-0.25, -0.2) is 4.39 Å². The van der Waals surface area contributed by atoms with E-state index in [1.807, 2.05) is 0 Å². The predicted octanol–water partition coefficient (Wildman–Crippen LogP) is 2.13. The van der Waals surface area contributed by atoms with E-state index < -0.39 is 5.82 Å². The number of amides is 1. The number of carbonyl (C=O) groups is 1. The number of carbonyl (C=O) groups excluding carboxylic acids is 1. The second kappa shape index (κ2) is 7.67. The van der Waals surface area contributed by atoms with E-state index in [0.29, 0.717) is 12.5 Å². The van der Waals surface area contributed by atoms with Gasteiger partial charge >= 0.3 is 0 Å².